The van der Waals surface area contributed by atoms with Gasteiger partial charge in [-0.2, -0.15) is 0 Å². The molecule has 3 aromatic heterocycles. The van der Waals surface area contributed by atoms with Crippen molar-refractivity contribution in [3.8, 4) is 11.3 Å². The largest absolute Gasteiger partial charge is 0.422 e. The molecule has 0 bridgehead atoms. The van der Waals surface area contributed by atoms with Crippen LogP contribution in [0, 0.1) is 13.8 Å². The molecule has 7 nitrogen and oxygen atoms in total. The normalized spacial score (nSPS) is 15.5. The van der Waals surface area contributed by atoms with E-state index in [1.807, 2.05) is 48.8 Å². The lowest BCUT2D eigenvalue weighted by molar-refractivity contribution is 0.249. The summed E-state index contributed by atoms with van der Waals surface area (Å²) in [5.41, 5.74) is 4.89. The van der Waals surface area contributed by atoms with Gasteiger partial charge in [-0.3, -0.25) is 4.98 Å². The lowest BCUT2D eigenvalue weighted by Crippen LogP contribution is -2.41. The second kappa shape index (κ2) is 7.50. The first kappa shape index (κ1) is 19.8. The molecule has 0 atom stereocenters. The topological polar surface area (TPSA) is 66.9 Å². The average Bonchev–Trinajstić information content (AvgIpc) is 3.17. The zero-order valence-corrected chi connectivity index (χ0v) is 18.4. The molecule has 0 aliphatic carbocycles. The summed E-state index contributed by atoms with van der Waals surface area (Å²) in [7, 11) is 4.29. The molecule has 1 saturated heterocycles. The summed E-state index contributed by atoms with van der Waals surface area (Å²) in [6, 6.07) is 8.63. The summed E-state index contributed by atoms with van der Waals surface area (Å²) in [5.74, 6) is 0. The number of imidazole rings is 1. The van der Waals surface area contributed by atoms with Crippen molar-refractivity contribution in [3.63, 3.8) is 0 Å². The summed E-state index contributed by atoms with van der Waals surface area (Å²) in [6.07, 6.45) is 6.04. The number of piperidine rings is 1. The summed E-state index contributed by atoms with van der Waals surface area (Å²) in [5, 5.41) is 0.893. The predicted molar refractivity (Wildman–Crippen MR) is 123 cm³/mol. The average molecular weight is 418 g/mol. The molecular weight excluding hydrogens is 390 g/mol. The molecule has 0 N–H and O–H groups in total. The third-order valence-corrected chi connectivity index (χ3v) is 6.28. The zero-order chi connectivity index (χ0) is 21.7. The Morgan fingerprint density at radius 1 is 1.06 bits per heavy atom. The predicted octanol–water partition coefficient (Wildman–Crippen LogP) is 3.65. The van der Waals surface area contributed by atoms with Gasteiger partial charge in [0.25, 0.3) is 0 Å². The second-order valence-electron chi connectivity index (χ2n) is 8.68. The fourth-order valence-electron chi connectivity index (χ4n) is 4.55. The van der Waals surface area contributed by atoms with Crippen LogP contribution in [0.25, 0.3) is 27.9 Å². The molecule has 4 aromatic rings. The molecule has 0 spiro atoms. The molecule has 0 unspecified atom stereocenters. The van der Waals surface area contributed by atoms with Gasteiger partial charge in [0.1, 0.15) is 5.58 Å². The van der Waals surface area contributed by atoms with E-state index in [9.17, 15) is 4.79 Å². The number of hydrogen-bond donors (Lipinski definition) is 0. The maximum Gasteiger partial charge on any atom is 0.345 e. The van der Waals surface area contributed by atoms with E-state index in [-0.39, 0.29) is 5.63 Å². The van der Waals surface area contributed by atoms with Crippen molar-refractivity contribution in [2.24, 2.45) is 0 Å². The summed E-state index contributed by atoms with van der Waals surface area (Å²) in [6.45, 7) is 5.87. The molecule has 0 amide bonds. The van der Waals surface area contributed by atoms with Gasteiger partial charge in [0.15, 0.2) is 5.65 Å². The van der Waals surface area contributed by atoms with E-state index in [1.165, 1.54) is 0 Å². The van der Waals surface area contributed by atoms with Crippen molar-refractivity contribution in [3.05, 3.63) is 58.5 Å². The van der Waals surface area contributed by atoms with Crippen LogP contribution in [0.2, 0.25) is 0 Å². The van der Waals surface area contributed by atoms with Gasteiger partial charge in [-0.1, -0.05) is 0 Å². The number of hydrogen-bond acceptors (Lipinski definition) is 6. The molecule has 5 rings (SSSR count). The highest BCUT2D eigenvalue weighted by Gasteiger charge is 2.21. The molecule has 1 aliphatic rings. The number of benzene rings is 1. The van der Waals surface area contributed by atoms with E-state index in [1.54, 1.807) is 0 Å². The molecule has 1 aliphatic heterocycles. The molecule has 1 aromatic carbocycles. The van der Waals surface area contributed by atoms with Gasteiger partial charge in [0, 0.05) is 48.7 Å². The van der Waals surface area contributed by atoms with Crippen molar-refractivity contribution in [1.29, 1.82) is 0 Å². The Morgan fingerprint density at radius 3 is 2.58 bits per heavy atom. The minimum absolute atomic E-state index is 0.373. The quantitative estimate of drug-likeness (QED) is 0.474. The number of rotatable bonds is 3. The Balaban J connectivity index is 1.49. The maximum absolute atomic E-state index is 12.8. The van der Waals surface area contributed by atoms with E-state index in [0.717, 1.165) is 54.0 Å². The molecule has 0 radical (unpaired) electrons. The molecule has 31 heavy (non-hydrogen) atoms. The van der Waals surface area contributed by atoms with E-state index >= 15 is 0 Å². The van der Waals surface area contributed by atoms with Gasteiger partial charge >= 0.3 is 5.63 Å². The monoisotopic (exact) mass is 417 g/mol. The van der Waals surface area contributed by atoms with Crippen LogP contribution < -0.4 is 10.5 Å². The number of aryl methyl sites for hydroxylation is 2. The Labute approximate surface area is 180 Å². The third kappa shape index (κ3) is 3.59. The van der Waals surface area contributed by atoms with Crippen molar-refractivity contribution >= 4 is 22.3 Å². The lowest BCUT2D eigenvalue weighted by Gasteiger charge is -2.36. The van der Waals surface area contributed by atoms with Crippen molar-refractivity contribution < 1.29 is 4.42 Å². The number of aromatic nitrogens is 3. The van der Waals surface area contributed by atoms with Crippen LogP contribution in [-0.2, 0) is 0 Å². The lowest BCUT2D eigenvalue weighted by atomic mass is 10.0. The summed E-state index contributed by atoms with van der Waals surface area (Å²) >= 11 is 0. The second-order valence-corrected chi connectivity index (χ2v) is 8.68. The van der Waals surface area contributed by atoms with Crippen LogP contribution in [0.1, 0.15) is 24.2 Å². The van der Waals surface area contributed by atoms with E-state index in [0.29, 0.717) is 22.9 Å². The van der Waals surface area contributed by atoms with Gasteiger partial charge in [-0.25, -0.2) is 9.78 Å². The van der Waals surface area contributed by atoms with E-state index < -0.39 is 0 Å². The van der Waals surface area contributed by atoms with Gasteiger partial charge in [0.2, 0.25) is 0 Å². The summed E-state index contributed by atoms with van der Waals surface area (Å²) in [4.78, 5) is 26.6. The maximum atomic E-state index is 12.8. The molecule has 4 heterocycles. The third-order valence-electron chi connectivity index (χ3n) is 6.28. The Bertz CT molecular complexity index is 1330. The van der Waals surface area contributed by atoms with Gasteiger partial charge < -0.3 is 18.6 Å². The molecule has 0 saturated carbocycles. The molecule has 7 heteroatoms. The highest BCUT2D eigenvalue weighted by atomic mass is 16.4. The Kier molecular flexibility index (Phi) is 4.78. The fraction of sp³-hybridized carbons (Fsp3) is 0.375. The van der Waals surface area contributed by atoms with Gasteiger partial charge in [0.05, 0.1) is 22.6 Å². The van der Waals surface area contributed by atoms with Crippen LogP contribution in [0.5, 0.6) is 0 Å². The van der Waals surface area contributed by atoms with Crippen LogP contribution in [-0.4, -0.2) is 52.5 Å². The number of fused-ring (bicyclic) bond motifs is 2. The molecular formula is C24H27N5O2. The SMILES string of the molecule is Cc1cn2cc(-c3cc4ccc(N5CCC(N(C)C)CC5)cc4oc3=O)nc2c(C)n1. The highest BCUT2D eigenvalue weighted by Crippen LogP contribution is 2.27. The fourth-order valence-corrected chi connectivity index (χ4v) is 4.55. The number of nitrogens with zero attached hydrogens (tertiary/aromatic N) is 5. The van der Waals surface area contributed by atoms with Gasteiger partial charge in [-0.05, 0) is 59.0 Å². The first-order valence-corrected chi connectivity index (χ1v) is 10.7. The highest BCUT2D eigenvalue weighted by molar-refractivity contribution is 5.84. The van der Waals surface area contributed by atoms with Gasteiger partial charge in [-0.15, -0.1) is 0 Å². The first-order valence-electron chi connectivity index (χ1n) is 10.7. The standard InChI is InChI=1S/C24H27N5O2/c1-15-13-29-14-21(26-23(29)16(2)25-15)20-11-17-5-6-19(12-22(17)31-24(20)30)28-9-7-18(8-10-28)27(3)4/h5-6,11-14,18H,7-10H2,1-4H3. The Hall–Kier alpha value is -3.19. The molecule has 1 fully saturated rings. The number of anilines is 1. The van der Waals surface area contributed by atoms with Crippen LogP contribution in [0.4, 0.5) is 5.69 Å². The zero-order valence-electron chi connectivity index (χ0n) is 18.4. The van der Waals surface area contributed by atoms with Crippen molar-refractivity contribution in [1.82, 2.24) is 19.3 Å². The molecule has 160 valence electrons. The van der Waals surface area contributed by atoms with Crippen molar-refractivity contribution in [2.75, 3.05) is 32.1 Å². The minimum atomic E-state index is -0.373. The van der Waals surface area contributed by atoms with Crippen LogP contribution >= 0.6 is 0 Å². The summed E-state index contributed by atoms with van der Waals surface area (Å²) < 4.78 is 7.65. The van der Waals surface area contributed by atoms with E-state index in [2.05, 4.69) is 39.9 Å². The first-order chi connectivity index (χ1) is 14.9. The van der Waals surface area contributed by atoms with Crippen LogP contribution in [0.3, 0.4) is 0 Å². The van der Waals surface area contributed by atoms with E-state index in [4.69, 9.17) is 4.42 Å². The Morgan fingerprint density at radius 2 is 1.84 bits per heavy atom. The van der Waals surface area contributed by atoms with Crippen molar-refractivity contribution in [2.45, 2.75) is 32.7 Å². The minimum Gasteiger partial charge on any atom is -0.422 e. The van der Waals surface area contributed by atoms with Crippen LogP contribution in [0.15, 0.2) is 45.9 Å². The smallest absolute Gasteiger partial charge is 0.345 e.